The van der Waals surface area contributed by atoms with Crippen LogP contribution in [0.15, 0.2) is 98.6 Å². The van der Waals surface area contributed by atoms with Crippen molar-refractivity contribution in [3.05, 3.63) is 98.6 Å². The fraction of sp³-hybridized carbons (Fsp3) is 0.217. The number of benzene rings is 2. The second kappa shape index (κ2) is 12.7. The molecule has 0 aliphatic heterocycles. The summed E-state index contributed by atoms with van der Waals surface area (Å²) in [5.41, 5.74) is 0. The molecule has 0 aromatic heterocycles. The van der Waals surface area contributed by atoms with E-state index in [1.807, 2.05) is 54.6 Å². The number of rotatable bonds is 15. The SMILES string of the molecule is C=CC[Si](CC=C)(CC=C)O[Si](C)(C)O[Si](O[Si]O[Si])(c1ccccc1)c1ccccc1. The summed E-state index contributed by atoms with van der Waals surface area (Å²) in [5, 5.41) is 2.02. The van der Waals surface area contributed by atoms with Crippen LogP contribution in [0.3, 0.4) is 0 Å². The van der Waals surface area contributed by atoms with Gasteiger partial charge in [-0.1, -0.05) is 78.9 Å². The molecular weight excluding hydrogens is 481 g/mol. The fourth-order valence-corrected chi connectivity index (χ4v) is 19.5. The molecule has 32 heavy (non-hydrogen) atoms. The molecule has 0 saturated heterocycles. The third kappa shape index (κ3) is 7.04. The minimum Gasteiger partial charge on any atom is -0.435 e. The van der Waals surface area contributed by atoms with Crippen molar-refractivity contribution < 1.29 is 16.5 Å². The smallest absolute Gasteiger partial charge is 0.411 e. The van der Waals surface area contributed by atoms with Gasteiger partial charge in [0.2, 0.25) is 10.5 Å². The van der Waals surface area contributed by atoms with Crippen molar-refractivity contribution in [2.24, 2.45) is 0 Å². The van der Waals surface area contributed by atoms with Crippen molar-refractivity contribution >= 4 is 56.3 Å². The lowest BCUT2D eigenvalue weighted by molar-refractivity contribution is 0.333. The van der Waals surface area contributed by atoms with Crippen LogP contribution in [0.2, 0.25) is 31.2 Å². The van der Waals surface area contributed by atoms with Crippen LogP contribution in [0.5, 0.6) is 0 Å². The van der Waals surface area contributed by atoms with Gasteiger partial charge in [0.05, 0.1) is 0 Å². The van der Waals surface area contributed by atoms with Crippen molar-refractivity contribution in [1.82, 2.24) is 0 Å². The molecule has 0 bridgehead atoms. The Morgan fingerprint density at radius 2 is 1.22 bits per heavy atom. The molecule has 167 valence electrons. The Kier molecular flexibility index (Phi) is 10.7. The molecule has 0 saturated carbocycles. The van der Waals surface area contributed by atoms with E-state index < -0.39 is 25.4 Å². The van der Waals surface area contributed by atoms with Crippen LogP contribution < -0.4 is 10.4 Å². The molecule has 0 heterocycles. The molecule has 0 aliphatic rings. The maximum atomic E-state index is 7.06. The minimum atomic E-state index is -3.14. The number of allylic oxidation sites excluding steroid dienone is 3. The molecule has 9 heteroatoms. The first-order chi connectivity index (χ1) is 15.4. The van der Waals surface area contributed by atoms with Gasteiger partial charge >= 0.3 is 27.1 Å². The maximum Gasteiger partial charge on any atom is 0.411 e. The first-order valence-corrected chi connectivity index (χ1v) is 18.9. The average molecular weight is 512 g/mol. The van der Waals surface area contributed by atoms with E-state index >= 15 is 0 Å². The summed E-state index contributed by atoms with van der Waals surface area (Å²) in [7, 11) is -5.23. The van der Waals surface area contributed by atoms with Gasteiger partial charge in [-0.05, 0) is 41.6 Å². The van der Waals surface area contributed by atoms with Crippen molar-refractivity contribution in [2.75, 3.05) is 0 Å². The number of hydrogen-bond acceptors (Lipinski definition) is 4. The van der Waals surface area contributed by atoms with Gasteiger partial charge in [0.15, 0.2) is 8.32 Å². The van der Waals surface area contributed by atoms with Crippen molar-refractivity contribution in [1.29, 1.82) is 0 Å². The second-order valence-corrected chi connectivity index (χ2v) is 20.1. The van der Waals surface area contributed by atoms with Gasteiger partial charge in [-0.15, -0.1) is 19.7 Å². The average Bonchev–Trinajstić information content (AvgIpc) is 2.78. The normalized spacial score (nSPS) is 12.3. The molecule has 0 spiro atoms. The van der Waals surface area contributed by atoms with Crippen LogP contribution in [0.4, 0.5) is 0 Å². The molecule has 0 aliphatic carbocycles. The van der Waals surface area contributed by atoms with E-state index in [1.165, 1.54) is 0 Å². The highest BCUT2D eigenvalue weighted by molar-refractivity contribution is 7.00. The summed E-state index contributed by atoms with van der Waals surface area (Å²) in [6.07, 6.45) is 5.83. The van der Waals surface area contributed by atoms with Gasteiger partial charge in [-0.2, -0.15) is 0 Å². The first kappa shape index (κ1) is 26.8. The van der Waals surface area contributed by atoms with E-state index in [-0.39, 0.29) is 10.0 Å². The standard InChI is InChI=1S/C23H31O4Si5/c1-6-19-31(20-7-2,21-8-3)26-30(4,5)27-32(25-29-24-28,22-15-11-9-12-16-22)23-17-13-10-14-18-23/h6-18H,1-3,19-21H2,4-5H3. The van der Waals surface area contributed by atoms with E-state index in [1.54, 1.807) is 0 Å². The lowest BCUT2D eigenvalue weighted by Gasteiger charge is -2.42. The summed E-state index contributed by atoms with van der Waals surface area (Å²) in [5.74, 6) is 0. The van der Waals surface area contributed by atoms with Crippen LogP contribution in [-0.2, 0) is 16.5 Å². The number of hydrogen-bond donors (Lipinski definition) is 0. The molecular formula is C23H31O4Si5. The summed E-state index contributed by atoms with van der Waals surface area (Å²) in [6.45, 7) is 16.1. The zero-order chi connectivity index (χ0) is 23.5. The lowest BCUT2D eigenvalue weighted by Crippen LogP contribution is -2.69. The van der Waals surface area contributed by atoms with Gasteiger partial charge in [-0.3, -0.25) is 0 Å². The zero-order valence-corrected chi connectivity index (χ0v) is 23.9. The fourth-order valence-electron chi connectivity index (χ4n) is 3.87. The third-order valence-electron chi connectivity index (χ3n) is 4.94. The Morgan fingerprint density at radius 1 is 0.781 bits per heavy atom. The van der Waals surface area contributed by atoms with E-state index in [0.717, 1.165) is 28.5 Å². The van der Waals surface area contributed by atoms with Gasteiger partial charge in [-0.25, -0.2) is 0 Å². The minimum absolute atomic E-state index is 0.228. The summed E-state index contributed by atoms with van der Waals surface area (Å²) in [6, 6.07) is 22.7. The summed E-state index contributed by atoms with van der Waals surface area (Å²) in [4.78, 5) is 0. The van der Waals surface area contributed by atoms with Crippen LogP contribution in [0.1, 0.15) is 0 Å². The highest BCUT2D eigenvalue weighted by Gasteiger charge is 2.50. The molecule has 4 nitrogen and oxygen atoms in total. The Balaban J connectivity index is 2.57. The second-order valence-electron chi connectivity index (χ2n) is 7.90. The van der Waals surface area contributed by atoms with E-state index in [2.05, 4.69) is 67.6 Å². The summed E-state index contributed by atoms with van der Waals surface area (Å²) < 4.78 is 25.7. The molecule has 0 fully saturated rings. The highest BCUT2D eigenvalue weighted by atomic mass is 28.5. The van der Waals surface area contributed by atoms with Crippen molar-refractivity contribution in [2.45, 2.75) is 31.2 Å². The Morgan fingerprint density at radius 3 is 1.59 bits per heavy atom. The topological polar surface area (TPSA) is 36.9 Å². The van der Waals surface area contributed by atoms with Gasteiger partial charge in [0, 0.05) is 0 Å². The highest BCUT2D eigenvalue weighted by Crippen LogP contribution is 2.30. The molecule has 0 unspecified atom stereocenters. The Hall–Kier alpha value is -1.42. The predicted molar refractivity (Wildman–Crippen MR) is 142 cm³/mol. The molecule has 0 atom stereocenters. The molecule has 5 radical (unpaired) electrons. The first-order valence-electron chi connectivity index (χ1n) is 10.5. The van der Waals surface area contributed by atoms with Crippen LogP contribution >= 0.6 is 0 Å². The van der Waals surface area contributed by atoms with E-state index in [4.69, 9.17) is 16.5 Å². The van der Waals surface area contributed by atoms with Crippen LogP contribution in [-0.4, -0.2) is 45.9 Å². The van der Waals surface area contributed by atoms with E-state index in [0.29, 0.717) is 0 Å². The summed E-state index contributed by atoms with van der Waals surface area (Å²) >= 11 is 0. The van der Waals surface area contributed by atoms with Gasteiger partial charge in [0.25, 0.3) is 0 Å². The van der Waals surface area contributed by atoms with Crippen molar-refractivity contribution in [3.8, 4) is 0 Å². The van der Waals surface area contributed by atoms with E-state index in [9.17, 15) is 0 Å². The molecule has 2 aromatic carbocycles. The Bertz CT molecular complexity index is 795. The molecule has 2 rings (SSSR count). The van der Waals surface area contributed by atoms with Gasteiger partial charge < -0.3 is 16.5 Å². The quantitative estimate of drug-likeness (QED) is 0.266. The van der Waals surface area contributed by atoms with Crippen LogP contribution in [0, 0.1) is 0 Å². The molecule has 0 N–H and O–H groups in total. The third-order valence-corrected chi connectivity index (χ3v) is 18.9. The zero-order valence-electron chi connectivity index (χ0n) is 18.9. The lowest BCUT2D eigenvalue weighted by atomic mass is 10.4. The van der Waals surface area contributed by atoms with Gasteiger partial charge in [0.1, 0.15) is 0 Å². The molecule has 0 amide bonds. The monoisotopic (exact) mass is 511 g/mol. The van der Waals surface area contributed by atoms with Crippen molar-refractivity contribution in [3.63, 3.8) is 0 Å². The van der Waals surface area contributed by atoms with Crippen LogP contribution in [0.25, 0.3) is 0 Å². The molecule has 2 aromatic rings. The predicted octanol–water partition coefficient (Wildman–Crippen LogP) is 4.13. The largest absolute Gasteiger partial charge is 0.435 e. The maximum absolute atomic E-state index is 7.06. The Labute approximate surface area is 202 Å².